The van der Waals surface area contributed by atoms with Crippen molar-refractivity contribution in [1.82, 2.24) is 14.5 Å². The van der Waals surface area contributed by atoms with E-state index in [-0.39, 0.29) is 0 Å². The molecule has 0 radical (unpaired) electrons. The third-order valence-electron chi connectivity index (χ3n) is 3.03. The molecule has 3 heteroatoms. The van der Waals surface area contributed by atoms with Crippen LogP contribution in [0.2, 0.25) is 0 Å². The van der Waals surface area contributed by atoms with Crippen LogP contribution in [0.4, 0.5) is 0 Å². The quantitative estimate of drug-likeness (QED) is 0.728. The number of aryl methyl sites for hydroxylation is 1. The number of rotatable bonds is 3. The number of likely N-dealkylation sites (tertiary alicyclic amines) is 1. The SMILES string of the molecule is Cc1nccn1CCN1CCCCC1. The van der Waals surface area contributed by atoms with Crippen LogP contribution >= 0.6 is 0 Å². The van der Waals surface area contributed by atoms with Crippen molar-refractivity contribution >= 4 is 0 Å². The summed E-state index contributed by atoms with van der Waals surface area (Å²) >= 11 is 0. The van der Waals surface area contributed by atoms with Crippen molar-refractivity contribution in [1.29, 1.82) is 0 Å². The molecule has 1 aliphatic heterocycles. The first-order valence-electron chi connectivity index (χ1n) is 5.56. The fourth-order valence-electron chi connectivity index (χ4n) is 2.07. The lowest BCUT2D eigenvalue weighted by atomic mass is 10.1. The summed E-state index contributed by atoms with van der Waals surface area (Å²) in [6.45, 7) is 6.90. The molecule has 0 N–H and O–H groups in total. The van der Waals surface area contributed by atoms with Crippen LogP contribution in [0.15, 0.2) is 12.4 Å². The number of hydrogen-bond donors (Lipinski definition) is 0. The monoisotopic (exact) mass is 193 g/mol. The Balaban J connectivity index is 1.79. The predicted molar refractivity (Wildman–Crippen MR) is 57.3 cm³/mol. The molecule has 0 aliphatic carbocycles. The van der Waals surface area contributed by atoms with Gasteiger partial charge in [-0.15, -0.1) is 0 Å². The van der Waals surface area contributed by atoms with Crippen molar-refractivity contribution < 1.29 is 0 Å². The first-order valence-corrected chi connectivity index (χ1v) is 5.56. The Morgan fingerprint density at radius 3 is 2.64 bits per heavy atom. The maximum absolute atomic E-state index is 4.22. The molecule has 1 aliphatic rings. The Morgan fingerprint density at radius 1 is 1.21 bits per heavy atom. The average molecular weight is 193 g/mol. The minimum Gasteiger partial charge on any atom is -0.334 e. The van der Waals surface area contributed by atoms with E-state index in [0.717, 1.165) is 12.4 Å². The van der Waals surface area contributed by atoms with Crippen LogP contribution in [0, 0.1) is 6.92 Å². The molecule has 3 nitrogen and oxygen atoms in total. The van der Waals surface area contributed by atoms with E-state index < -0.39 is 0 Å². The highest BCUT2D eigenvalue weighted by Gasteiger charge is 2.09. The largest absolute Gasteiger partial charge is 0.334 e. The van der Waals surface area contributed by atoms with E-state index in [1.54, 1.807) is 0 Å². The maximum Gasteiger partial charge on any atom is 0.105 e. The summed E-state index contributed by atoms with van der Waals surface area (Å²) in [5, 5.41) is 0. The second-order valence-corrected chi connectivity index (χ2v) is 4.07. The van der Waals surface area contributed by atoms with E-state index in [0.29, 0.717) is 0 Å². The number of hydrogen-bond acceptors (Lipinski definition) is 2. The molecule has 0 saturated carbocycles. The number of aromatic nitrogens is 2. The summed E-state index contributed by atoms with van der Waals surface area (Å²) in [6, 6.07) is 0. The van der Waals surface area contributed by atoms with Crippen LogP contribution in [0.3, 0.4) is 0 Å². The Morgan fingerprint density at radius 2 is 2.00 bits per heavy atom. The standard InChI is InChI=1S/C11H19N3/c1-11-12-5-8-14(11)10-9-13-6-3-2-4-7-13/h5,8H,2-4,6-7,9-10H2,1H3. The molecular formula is C11H19N3. The minimum atomic E-state index is 1.09. The van der Waals surface area contributed by atoms with Gasteiger partial charge in [0, 0.05) is 25.5 Å². The van der Waals surface area contributed by atoms with Gasteiger partial charge in [-0.25, -0.2) is 4.98 Å². The topological polar surface area (TPSA) is 21.1 Å². The lowest BCUT2D eigenvalue weighted by Gasteiger charge is -2.26. The molecule has 0 amide bonds. The molecule has 1 fully saturated rings. The van der Waals surface area contributed by atoms with Gasteiger partial charge in [-0.05, 0) is 32.9 Å². The van der Waals surface area contributed by atoms with E-state index in [2.05, 4.69) is 27.6 Å². The van der Waals surface area contributed by atoms with E-state index in [9.17, 15) is 0 Å². The fraction of sp³-hybridized carbons (Fsp3) is 0.727. The Labute approximate surface area is 85.7 Å². The van der Waals surface area contributed by atoms with Crippen LogP contribution < -0.4 is 0 Å². The lowest BCUT2D eigenvalue weighted by molar-refractivity contribution is 0.220. The first kappa shape index (κ1) is 9.71. The van der Waals surface area contributed by atoms with Crippen LogP contribution in [0.1, 0.15) is 25.1 Å². The normalized spacial score (nSPS) is 18.6. The molecule has 14 heavy (non-hydrogen) atoms. The average Bonchev–Trinajstić information content (AvgIpc) is 2.63. The summed E-state index contributed by atoms with van der Waals surface area (Å²) in [5.74, 6) is 1.13. The maximum atomic E-state index is 4.22. The zero-order valence-electron chi connectivity index (χ0n) is 8.95. The molecule has 2 heterocycles. The highest BCUT2D eigenvalue weighted by atomic mass is 15.2. The summed E-state index contributed by atoms with van der Waals surface area (Å²) in [7, 11) is 0. The second-order valence-electron chi connectivity index (χ2n) is 4.07. The molecule has 1 aromatic rings. The van der Waals surface area contributed by atoms with Gasteiger partial charge in [0.2, 0.25) is 0 Å². The van der Waals surface area contributed by atoms with Crippen LogP contribution in [-0.4, -0.2) is 34.1 Å². The molecule has 0 unspecified atom stereocenters. The van der Waals surface area contributed by atoms with Crippen LogP contribution in [-0.2, 0) is 6.54 Å². The molecule has 0 spiro atoms. The zero-order valence-corrected chi connectivity index (χ0v) is 8.95. The summed E-state index contributed by atoms with van der Waals surface area (Å²) in [6.07, 6.45) is 8.12. The summed E-state index contributed by atoms with van der Waals surface area (Å²) in [5.41, 5.74) is 0. The molecule has 0 bridgehead atoms. The van der Waals surface area contributed by atoms with Gasteiger partial charge in [0.1, 0.15) is 5.82 Å². The Kier molecular flexibility index (Phi) is 3.19. The number of piperidine rings is 1. The van der Waals surface area contributed by atoms with Gasteiger partial charge < -0.3 is 9.47 Å². The van der Waals surface area contributed by atoms with Gasteiger partial charge in [-0.1, -0.05) is 6.42 Å². The van der Waals surface area contributed by atoms with Gasteiger partial charge in [0.05, 0.1) is 0 Å². The van der Waals surface area contributed by atoms with E-state index >= 15 is 0 Å². The van der Waals surface area contributed by atoms with E-state index in [4.69, 9.17) is 0 Å². The molecule has 0 aromatic carbocycles. The van der Waals surface area contributed by atoms with E-state index in [1.807, 2.05) is 6.20 Å². The van der Waals surface area contributed by atoms with Gasteiger partial charge in [-0.3, -0.25) is 0 Å². The minimum absolute atomic E-state index is 1.09. The summed E-state index contributed by atoms with van der Waals surface area (Å²) < 4.78 is 2.23. The van der Waals surface area contributed by atoms with Gasteiger partial charge in [0.25, 0.3) is 0 Å². The summed E-state index contributed by atoms with van der Waals surface area (Å²) in [4.78, 5) is 6.78. The number of nitrogens with zero attached hydrogens (tertiary/aromatic N) is 3. The highest BCUT2D eigenvalue weighted by molar-refractivity contribution is 4.88. The zero-order chi connectivity index (χ0) is 9.80. The molecule has 2 rings (SSSR count). The van der Waals surface area contributed by atoms with Crippen LogP contribution in [0.25, 0.3) is 0 Å². The lowest BCUT2D eigenvalue weighted by Crippen LogP contribution is -2.32. The Bertz CT molecular complexity index is 274. The number of imidazole rings is 1. The third-order valence-corrected chi connectivity index (χ3v) is 3.03. The molecular weight excluding hydrogens is 174 g/mol. The van der Waals surface area contributed by atoms with Crippen molar-refractivity contribution in [3.8, 4) is 0 Å². The predicted octanol–water partition coefficient (Wildman–Crippen LogP) is 1.68. The van der Waals surface area contributed by atoms with Crippen molar-refractivity contribution in [3.05, 3.63) is 18.2 Å². The van der Waals surface area contributed by atoms with Crippen molar-refractivity contribution in [2.75, 3.05) is 19.6 Å². The fourth-order valence-corrected chi connectivity index (χ4v) is 2.07. The molecule has 1 saturated heterocycles. The molecule has 0 atom stereocenters. The molecule has 78 valence electrons. The smallest absolute Gasteiger partial charge is 0.105 e. The van der Waals surface area contributed by atoms with Crippen LogP contribution in [0.5, 0.6) is 0 Å². The van der Waals surface area contributed by atoms with Gasteiger partial charge in [-0.2, -0.15) is 0 Å². The molecule has 1 aromatic heterocycles. The van der Waals surface area contributed by atoms with E-state index in [1.165, 1.54) is 38.9 Å². The van der Waals surface area contributed by atoms with Crippen molar-refractivity contribution in [2.45, 2.75) is 32.7 Å². The van der Waals surface area contributed by atoms with Crippen molar-refractivity contribution in [2.24, 2.45) is 0 Å². The second kappa shape index (κ2) is 4.60. The highest BCUT2D eigenvalue weighted by Crippen LogP contribution is 2.08. The van der Waals surface area contributed by atoms with Crippen molar-refractivity contribution in [3.63, 3.8) is 0 Å². The van der Waals surface area contributed by atoms with Gasteiger partial charge in [0.15, 0.2) is 0 Å². The van der Waals surface area contributed by atoms with Gasteiger partial charge >= 0.3 is 0 Å². The first-order chi connectivity index (χ1) is 6.86. The third kappa shape index (κ3) is 2.35. The Hall–Kier alpha value is -0.830.